The fourth-order valence-corrected chi connectivity index (χ4v) is 2.07. The lowest BCUT2D eigenvalue weighted by Gasteiger charge is -2.20. The van der Waals surface area contributed by atoms with Crippen LogP contribution < -0.4 is 26.6 Å². The molecular formula is C16H22N6O. The Morgan fingerprint density at radius 1 is 1.39 bits per heavy atom. The predicted molar refractivity (Wildman–Crippen MR) is 93.7 cm³/mol. The van der Waals surface area contributed by atoms with E-state index in [9.17, 15) is 0 Å². The summed E-state index contributed by atoms with van der Waals surface area (Å²) in [6.45, 7) is 3.96. The van der Waals surface area contributed by atoms with Crippen molar-refractivity contribution in [1.82, 2.24) is 9.97 Å². The third-order valence-corrected chi connectivity index (χ3v) is 3.19. The van der Waals surface area contributed by atoms with Gasteiger partial charge in [-0.15, -0.1) is 0 Å². The number of methoxy groups -OCH3 is 1. The van der Waals surface area contributed by atoms with Gasteiger partial charge in [0.1, 0.15) is 5.75 Å². The molecule has 0 aliphatic rings. The Labute approximate surface area is 136 Å². The lowest BCUT2D eigenvalue weighted by molar-refractivity contribution is 0.415. The molecule has 1 unspecified atom stereocenters. The van der Waals surface area contributed by atoms with Crippen LogP contribution in [0.2, 0.25) is 0 Å². The Balaban J connectivity index is 2.30. The third-order valence-electron chi connectivity index (χ3n) is 3.19. The Hall–Kier alpha value is -2.80. The fourth-order valence-electron chi connectivity index (χ4n) is 2.07. The van der Waals surface area contributed by atoms with Crippen LogP contribution in [0.15, 0.2) is 42.6 Å². The molecule has 23 heavy (non-hydrogen) atoms. The van der Waals surface area contributed by atoms with Crippen LogP contribution in [0.4, 0.5) is 23.1 Å². The summed E-state index contributed by atoms with van der Waals surface area (Å²) < 4.78 is 5.21. The van der Waals surface area contributed by atoms with E-state index < -0.39 is 0 Å². The van der Waals surface area contributed by atoms with Crippen molar-refractivity contribution in [2.75, 3.05) is 23.2 Å². The molecule has 0 aliphatic carbocycles. The molecule has 0 fully saturated rings. The van der Waals surface area contributed by atoms with E-state index in [1.54, 1.807) is 13.2 Å². The second-order valence-electron chi connectivity index (χ2n) is 5.00. The first-order chi connectivity index (χ1) is 11.0. The summed E-state index contributed by atoms with van der Waals surface area (Å²) in [4.78, 5) is 8.59. The SMILES string of the molecule is C/C=C\C(C)Nc1ncc(N)c(N(N)c2cccc(OC)c2)n1. The van der Waals surface area contributed by atoms with Crippen molar-refractivity contribution in [3.63, 3.8) is 0 Å². The molecule has 0 saturated heterocycles. The number of hydrogen-bond donors (Lipinski definition) is 3. The number of hydrogen-bond acceptors (Lipinski definition) is 7. The molecule has 1 aromatic heterocycles. The van der Waals surface area contributed by atoms with Gasteiger partial charge in [-0.05, 0) is 26.0 Å². The molecule has 1 heterocycles. The van der Waals surface area contributed by atoms with E-state index in [0.717, 1.165) is 0 Å². The lowest BCUT2D eigenvalue weighted by atomic mass is 10.3. The van der Waals surface area contributed by atoms with Gasteiger partial charge in [0.25, 0.3) is 0 Å². The molecule has 0 radical (unpaired) electrons. The average molecular weight is 314 g/mol. The molecule has 1 aromatic carbocycles. The van der Waals surface area contributed by atoms with Gasteiger partial charge in [0.15, 0.2) is 5.82 Å². The van der Waals surface area contributed by atoms with E-state index in [0.29, 0.717) is 28.9 Å². The number of anilines is 4. The molecule has 0 aliphatic heterocycles. The zero-order valence-corrected chi connectivity index (χ0v) is 13.5. The number of hydrazine groups is 1. The predicted octanol–water partition coefficient (Wildman–Crippen LogP) is 2.46. The highest BCUT2D eigenvalue weighted by molar-refractivity contribution is 5.71. The maximum absolute atomic E-state index is 6.16. The van der Waals surface area contributed by atoms with Gasteiger partial charge < -0.3 is 15.8 Å². The molecule has 2 aromatic rings. The van der Waals surface area contributed by atoms with Gasteiger partial charge >= 0.3 is 0 Å². The first-order valence-electron chi connectivity index (χ1n) is 7.26. The summed E-state index contributed by atoms with van der Waals surface area (Å²) in [5.74, 6) is 7.74. The second-order valence-corrected chi connectivity index (χ2v) is 5.00. The first-order valence-corrected chi connectivity index (χ1v) is 7.26. The standard InChI is InChI=1S/C16H22N6O/c1-4-6-11(2)20-16-19-10-14(17)15(21-16)22(18)12-7-5-8-13(9-12)23-3/h4-11H,17-18H2,1-3H3,(H,19,20,21)/b6-4-. The number of allylic oxidation sites excluding steroid dienone is 1. The smallest absolute Gasteiger partial charge is 0.225 e. The maximum atomic E-state index is 6.16. The Morgan fingerprint density at radius 2 is 2.17 bits per heavy atom. The minimum atomic E-state index is 0.0968. The molecule has 0 bridgehead atoms. The van der Waals surface area contributed by atoms with Gasteiger partial charge in [0.2, 0.25) is 5.95 Å². The summed E-state index contributed by atoms with van der Waals surface area (Å²) in [5.41, 5.74) is 7.07. The highest BCUT2D eigenvalue weighted by atomic mass is 16.5. The van der Waals surface area contributed by atoms with Gasteiger partial charge in [0.05, 0.1) is 24.7 Å². The molecule has 0 amide bonds. The summed E-state index contributed by atoms with van der Waals surface area (Å²) in [6.07, 6.45) is 5.50. The molecule has 2 rings (SSSR count). The molecule has 7 nitrogen and oxygen atoms in total. The van der Waals surface area contributed by atoms with Crippen LogP contribution in [-0.4, -0.2) is 23.1 Å². The molecule has 5 N–H and O–H groups in total. The highest BCUT2D eigenvalue weighted by Crippen LogP contribution is 2.28. The number of aromatic nitrogens is 2. The minimum absolute atomic E-state index is 0.0968. The topological polar surface area (TPSA) is 102 Å². The summed E-state index contributed by atoms with van der Waals surface area (Å²) in [6, 6.07) is 7.43. The number of nitrogen functional groups attached to an aromatic ring is 1. The van der Waals surface area contributed by atoms with Crippen LogP contribution in [0.5, 0.6) is 5.75 Å². The number of nitrogens with two attached hydrogens (primary N) is 2. The van der Waals surface area contributed by atoms with Crippen LogP contribution in [-0.2, 0) is 0 Å². The first kappa shape index (κ1) is 16.6. The van der Waals surface area contributed by atoms with E-state index in [4.69, 9.17) is 16.3 Å². The number of ether oxygens (including phenoxy) is 1. The Kier molecular flexibility index (Phi) is 5.37. The van der Waals surface area contributed by atoms with Crippen LogP contribution in [0.1, 0.15) is 13.8 Å². The third kappa shape index (κ3) is 4.10. The monoisotopic (exact) mass is 314 g/mol. The van der Waals surface area contributed by atoms with E-state index >= 15 is 0 Å². The average Bonchev–Trinajstić information content (AvgIpc) is 2.56. The Morgan fingerprint density at radius 3 is 2.87 bits per heavy atom. The van der Waals surface area contributed by atoms with Gasteiger partial charge in [-0.25, -0.2) is 10.8 Å². The van der Waals surface area contributed by atoms with Crippen molar-refractivity contribution >= 4 is 23.1 Å². The van der Waals surface area contributed by atoms with Crippen molar-refractivity contribution in [2.24, 2.45) is 5.84 Å². The molecule has 122 valence electrons. The number of benzene rings is 1. The van der Waals surface area contributed by atoms with Gasteiger partial charge in [-0.1, -0.05) is 18.2 Å². The van der Waals surface area contributed by atoms with E-state index in [2.05, 4.69) is 15.3 Å². The maximum Gasteiger partial charge on any atom is 0.225 e. The highest BCUT2D eigenvalue weighted by Gasteiger charge is 2.13. The van der Waals surface area contributed by atoms with Crippen LogP contribution in [0.25, 0.3) is 0 Å². The zero-order chi connectivity index (χ0) is 16.8. The van der Waals surface area contributed by atoms with Crippen LogP contribution in [0, 0.1) is 0 Å². The summed E-state index contributed by atoms with van der Waals surface area (Å²) in [7, 11) is 1.60. The molecule has 0 saturated carbocycles. The lowest BCUT2D eigenvalue weighted by Crippen LogP contribution is -2.28. The quantitative estimate of drug-likeness (QED) is 0.427. The summed E-state index contributed by atoms with van der Waals surface area (Å²) >= 11 is 0. The normalized spacial score (nSPS) is 12.2. The zero-order valence-electron chi connectivity index (χ0n) is 13.5. The largest absolute Gasteiger partial charge is 0.497 e. The van der Waals surface area contributed by atoms with E-state index in [1.165, 1.54) is 11.2 Å². The van der Waals surface area contributed by atoms with Crippen molar-refractivity contribution in [2.45, 2.75) is 19.9 Å². The number of nitrogens with zero attached hydrogens (tertiary/aromatic N) is 3. The summed E-state index contributed by atoms with van der Waals surface area (Å²) in [5, 5.41) is 4.58. The van der Waals surface area contributed by atoms with Crippen molar-refractivity contribution in [3.05, 3.63) is 42.6 Å². The second kappa shape index (κ2) is 7.46. The van der Waals surface area contributed by atoms with Crippen LogP contribution >= 0.6 is 0 Å². The molecule has 0 spiro atoms. The van der Waals surface area contributed by atoms with Crippen LogP contribution in [0.3, 0.4) is 0 Å². The van der Waals surface area contributed by atoms with Gasteiger partial charge in [-0.2, -0.15) is 4.98 Å². The number of nitrogens with one attached hydrogen (secondary N) is 1. The van der Waals surface area contributed by atoms with E-state index in [-0.39, 0.29) is 6.04 Å². The van der Waals surface area contributed by atoms with Gasteiger partial charge in [0, 0.05) is 12.1 Å². The molecular weight excluding hydrogens is 292 g/mol. The van der Waals surface area contributed by atoms with Crippen molar-refractivity contribution in [3.8, 4) is 5.75 Å². The van der Waals surface area contributed by atoms with Crippen molar-refractivity contribution in [1.29, 1.82) is 0 Å². The number of rotatable bonds is 6. The molecule has 1 atom stereocenters. The molecule has 7 heteroatoms. The fraction of sp³-hybridized carbons (Fsp3) is 0.250. The Bertz CT molecular complexity index is 688. The van der Waals surface area contributed by atoms with Crippen molar-refractivity contribution < 1.29 is 4.74 Å². The van der Waals surface area contributed by atoms with Gasteiger partial charge in [-0.3, -0.25) is 5.01 Å². The van der Waals surface area contributed by atoms with E-state index in [1.807, 2.05) is 44.2 Å². The minimum Gasteiger partial charge on any atom is -0.497 e.